The lowest BCUT2D eigenvalue weighted by molar-refractivity contribution is -0.139. The fourth-order valence-electron chi connectivity index (χ4n) is 4.74. The molecule has 0 unspecified atom stereocenters. The van der Waals surface area contributed by atoms with Gasteiger partial charge in [-0.2, -0.15) is 0 Å². The summed E-state index contributed by atoms with van der Waals surface area (Å²) in [7, 11) is 3.08. The number of allylic oxidation sites excluding steroid dienone is 1. The first-order chi connectivity index (χ1) is 20.7. The van der Waals surface area contributed by atoms with Gasteiger partial charge in [0.1, 0.15) is 29.9 Å². The van der Waals surface area contributed by atoms with Crippen molar-refractivity contribution in [3.8, 4) is 17.2 Å². The van der Waals surface area contributed by atoms with E-state index in [1.54, 1.807) is 57.4 Å². The van der Waals surface area contributed by atoms with Crippen molar-refractivity contribution in [2.45, 2.75) is 26.5 Å². The molecule has 5 rings (SSSR count). The largest absolute Gasteiger partial charge is 0.497 e. The van der Waals surface area contributed by atoms with Crippen LogP contribution in [0.2, 0.25) is 10.0 Å². The second-order valence-electron chi connectivity index (χ2n) is 9.50. The Bertz CT molecular complexity index is 1900. The van der Waals surface area contributed by atoms with Gasteiger partial charge in [-0.05, 0) is 61.9 Å². The third-order valence-corrected chi connectivity index (χ3v) is 8.41. The minimum atomic E-state index is -0.811. The molecular formula is C32H28Cl2N2O6S. The summed E-state index contributed by atoms with van der Waals surface area (Å²) in [6.45, 7) is 3.93. The molecule has 0 aliphatic carbocycles. The van der Waals surface area contributed by atoms with Gasteiger partial charge < -0.3 is 18.9 Å². The predicted octanol–water partition coefficient (Wildman–Crippen LogP) is 5.70. The van der Waals surface area contributed by atoms with E-state index in [1.165, 1.54) is 23.0 Å². The molecule has 0 N–H and O–H groups in total. The zero-order valence-electron chi connectivity index (χ0n) is 23.9. The van der Waals surface area contributed by atoms with Crippen molar-refractivity contribution < 1.29 is 23.7 Å². The Morgan fingerprint density at radius 2 is 1.77 bits per heavy atom. The van der Waals surface area contributed by atoms with Crippen molar-refractivity contribution >= 4 is 46.6 Å². The van der Waals surface area contributed by atoms with E-state index in [4.69, 9.17) is 42.1 Å². The van der Waals surface area contributed by atoms with E-state index in [1.807, 2.05) is 30.3 Å². The summed E-state index contributed by atoms with van der Waals surface area (Å²) in [5, 5.41) is 1.09. The summed E-state index contributed by atoms with van der Waals surface area (Å²) in [5.74, 6) is 1.14. The molecular weight excluding hydrogens is 611 g/mol. The molecule has 0 bridgehead atoms. The first-order valence-corrected chi connectivity index (χ1v) is 14.9. The predicted molar refractivity (Wildman–Crippen MR) is 167 cm³/mol. The Balaban J connectivity index is 1.52. The average molecular weight is 640 g/mol. The van der Waals surface area contributed by atoms with Crippen LogP contribution in [0.5, 0.6) is 17.2 Å². The lowest BCUT2D eigenvalue weighted by Gasteiger charge is -2.26. The normalized spacial score (nSPS) is 14.7. The van der Waals surface area contributed by atoms with E-state index >= 15 is 0 Å². The standard InChI is InChI=1S/C32H28Cl2N2O6S/c1-5-41-31(38)28-18(2)35-32-36(29(28)24-13-12-23(39-3)16-26(24)40-4)30(37)27(43-32)14-19-6-10-22(11-7-19)42-17-20-8-9-21(33)15-25(20)34/h6-16,29H,5,17H2,1-4H3/b27-14-/t29-/m1/s1. The molecule has 0 fully saturated rings. The van der Waals surface area contributed by atoms with E-state index in [9.17, 15) is 9.59 Å². The monoisotopic (exact) mass is 638 g/mol. The lowest BCUT2D eigenvalue weighted by Crippen LogP contribution is -2.40. The first-order valence-electron chi connectivity index (χ1n) is 13.3. The highest BCUT2D eigenvalue weighted by molar-refractivity contribution is 7.07. The number of nitrogens with zero attached hydrogens (tertiary/aromatic N) is 2. The van der Waals surface area contributed by atoms with Crippen LogP contribution in [-0.2, 0) is 16.1 Å². The Morgan fingerprint density at radius 3 is 2.44 bits per heavy atom. The van der Waals surface area contributed by atoms with Crippen LogP contribution in [0.3, 0.4) is 0 Å². The molecule has 0 spiro atoms. The molecule has 1 aliphatic rings. The van der Waals surface area contributed by atoms with Gasteiger partial charge in [0.05, 0.1) is 36.6 Å². The number of esters is 1. The number of aromatic nitrogens is 1. The quantitative estimate of drug-likeness (QED) is 0.219. The highest BCUT2D eigenvalue weighted by Gasteiger charge is 2.35. The van der Waals surface area contributed by atoms with Crippen molar-refractivity contribution in [1.82, 2.24) is 4.57 Å². The van der Waals surface area contributed by atoms with E-state index in [0.717, 1.165) is 11.1 Å². The van der Waals surface area contributed by atoms with Gasteiger partial charge in [0, 0.05) is 27.2 Å². The SMILES string of the molecule is CCOC(=O)C1=C(C)N=c2s/c(=C\c3ccc(OCc4ccc(Cl)cc4Cl)cc3)c(=O)n2[C@@H]1c1ccc(OC)cc1OC. The number of hydrogen-bond acceptors (Lipinski definition) is 8. The second kappa shape index (κ2) is 13.1. The van der Waals surface area contributed by atoms with E-state index in [0.29, 0.717) is 47.9 Å². The summed E-state index contributed by atoms with van der Waals surface area (Å²) in [6.07, 6.45) is 1.79. The summed E-state index contributed by atoms with van der Waals surface area (Å²) >= 11 is 13.5. The first kappa shape index (κ1) is 30.4. The van der Waals surface area contributed by atoms with Crippen LogP contribution in [0.25, 0.3) is 6.08 Å². The summed E-state index contributed by atoms with van der Waals surface area (Å²) in [5.41, 5.74) is 2.66. The number of methoxy groups -OCH3 is 2. The molecule has 0 radical (unpaired) electrons. The van der Waals surface area contributed by atoms with Gasteiger partial charge in [-0.15, -0.1) is 0 Å². The third-order valence-electron chi connectivity index (χ3n) is 6.84. The molecule has 222 valence electrons. The van der Waals surface area contributed by atoms with Gasteiger partial charge >= 0.3 is 5.97 Å². The number of rotatable bonds is 9. The molecule has 1 aliphatic heterocycles. The van der Waals surface area contributed by atoms with Crippen LogP contribution >= 0.6 is 34.5 Å². The van der Waals surface area contributed by atoms with Crippen LogP contribution < -0.4 is 29.1 Å². The maximum absolute atomic E-state index is 13.9. The Kier molecular flexibility index (Phi) is 9.25. The fourth-order valence-corrected chi connectivity index (χ4v) is 6.25. The molecule has 0 saturated heterocycles. The molecule has 43 heavy (non-hydrogen) atoms. The van der Waals surface area contributed by atoms with Crippen LogP contribution in [0.15, 0.2) is 81.7 Å². The van der Waals surface area contributed by atoms with Gasteiger partial charge in [0.15, 0.2) is 4.80 Å². The van der Waals surface area contributed by atoms with Gasteiger partial charge in [0.25, 0.3) is 5.56 Å². The van der Waals surface area contributed by atoms with Gasteiger partial charge in [-0.3, -0.25) is 9.36 Å². The zero-order chi connectivity index (χ0) is 30.7. The highest BCUT2D eigenvalue weighted by atomic mass is 35.5. The number of carbonyl (C=O) groups is 1. The summed E-state index contributed by atoms with van der Waals surface area (Å²) < 4.78 is 24.3. The third kappa shape index (κ3) is 6.34. The number of carbonyl (C=O) groups excluding carboxylic acids is 1. The van der Waals surface area contributed by atoms with E-state index in [-0.39, 0.29) is 24.3 Å². The van der Waals surface area contributed by atoms with Gasteiger partial charge in [-0.25, -0.2) is 9.79 Å². The minimum absolute atomic E-state index is 0.180. The molecule has 1 aromatic heterocycles. The Hall–Kier alpha value is -4.05. The van der Waals surface area contributed by atoms with Crippen molar-refractivity contribution in [3.63, 3.8) is 0 Å². The fraction of sp³-hybridized carbons (Fsp3) is 0.219. The average Bonchev–Trinajstić information content (AvgIpc) is 3.30. The Labute approximate surface area is 262 Å². The van der Waals surface area contributed by atoms with E-state index in [2.05, 4.69) is 4.99 Å². The molecule has 0 saturated carbocycles. The number of benzene rings is 3. The zero-order valence-corrected chi connectivity index (χ0v) is 26.2. The highest BCUT2D eigenvalue weighted by Crippen LogP contribution is 2.37. The molecule has 8 nitrogen and oxygen atoms in total. The maximum Gasteiger partial charge on any atom is 0.338 e. The Morgan fingerprint density at radius 1 is 1.02 bits per heavy atom. The van der Waals surface area contributed by atoms with Crippen LogP contribution in [0.1, 0.15) is 36.6 Å². The van der Waals surface area contributed by atoms with Crippen molar-refractivity contribution in [1.29, 1.82) is 0 Å². The molecule has 1 atom stereocenters. The van der Waals surface area contributed by atoms with Crippen LogP contribution in [0.4, 0.5) is 0 Å². The van der Waals surface area contributed by atoms with Crippen LogP contribution in [-0.4, -0.2) is 31.4 Å². The summed E-state index contributed by atoms with van der Waals surface area (Å²) in [6, 6.07) is 17.1. The topological polar surface area (TPSA) is 88.4 Å². The summed E-state index contributed by atoms with van der Waals surface area (Å²) in [4.78, 5) is 32.2. The number of thiazole rings is 1. The number of fused-ring (bicyclic) bond motifs is 1. The van der Waals surface area contributed by atoms with Crippen LogP contribution in [0, 0.1) is 0 Å². The maximum atomic E-state index is 13.9. The van der Waals surface area contributed by atoms with Crippen molar-refractivity contribution in [2.24, 2.45) is 4.99 Å². The lowest BCUT2D eigenvalue weighted by atomic mass is 9.95. The number of halogens is 2. The molecule has 0 amide bonds. The van der Waals surface area contributed by atoms with Crippen molar-refractivity contribution in [2.75, 3.05) is 20.8 Å². The van der Waals surface area contributed by atoms with Gasteiger partial charge in [-0.1, -0.05) is 52.7 Å². The second-order valence-corrected chi connectivity index (χ2v) is 11.4. The molecule has 4 aromatic rings. The smallest absolute Gasteiger partial charge is 0.338 e. The minimum Gasteiger partial charge on any atom is -0.497 e. The molecule has 3 aromatic carbocycles. The van der Waals surface area contributed by atoms with E-state index < -0.39 is 12.0 Å². The number of ether oxygens (including phenoxy) is 4. The molecule has 2 heterocycles. The van der Waals surface area contributed by atoms with Crippen molar-refractivity contribution in [3.05, 3.63) is 118 Å². The molecule has 11 heteroatoms. The van der Waals surface area contributed by atoms with Gasteiger partial charge in [0.2, 0.25) is 0 Å². The number of hydrogen-bond donors (Lipinski definition) is 0.